The Labute approximate surface area is 113 Å². The van der Waals surface area contributed by atoms with Crippen molar-refractivity contribution < 1.29 is 9.90 Å². The van der Waals surface area contributed by atoms with Gasteiger partial charge >= 0.3 is 5.97 Å². The topological polar surface area (TPSA) is 76.2 Å². The van der Waals surface area contributed by atoms with Crippen LogP contribution in [0, 0.1) is 0 Å². The van der Waals surface area contributed by atoms with E-state index in [-0.39, 0.29) is 11.3 Å². The van der Waals surface area contributed by atoms with Gasteiger partial charge in [0.05, 0.1) is 16.3 Å². The Hall–Kier alpha value is -1.72. The summed E-state index contributed by atoms with van der Waals surface area (Å²) >= 11 is 7.26. The highest BCUT2D eigenvalue weighted by atomic mass is 35.5. The second-order valence-corrected chi connectivity index (χ2v) is 4.85. The third-order valence-electron chi connectivity index (χ3n) is 2.23. The van der Waals surface area contributed by atoms with Crippen LogP contribution in [0.3, 0.4) is 0 Å². The Balaban J connectivity index is 2.39. The minimum Gasteiger partial charge on any atom is -0.478 e. The zero-order valence-electron chi connectivity index (χ0n) is 9.13. The Bertz CT molecular complexity index is 604. The molecule has 2 aromatic rings. The van der Waals surface area contributed by atoms with Gasteiger partial charge in [0, 0.05) is 11.1 Å². The standard InChI is InChI=1S/C12H9ClN2O2S/c13-8-3-1-2-4-9(8)18-11-10(14)7(12(16)17)5-6-15-11/h1-6H,14H2,(H,16,17). The molecule has 0 radical (unpaired) electrons. The molecule has 4 nitrogen and oxygen atoms in total. The van der Waals surface area contributed by atoms with Crippen LogP contribution in [0.2, 0.25) is 5.02 Å². The van der Waals surface area contributed by atoms with Crippen molar-refractivity contribution in [3.8, 4) is 0 Å². The van der Waals surface area contributed by atoms with Crippen molar-refractivity contribution in [2.24, 2.45) is 0 Å². The van der Waals surface area contributed by atoms with Gasteiger partial charge in [-0.2, -0.15) is 0 Å². The van der Waals surface area contributed by atoms with Crippen molar-refractivity contribution in [1.29, 1.82) is 0 Å². The Morgan fingerprint density at radius 1 is 1.33 bits per heavy atom. The maximum atomic E-state index is 11.0. The van der Waals surface area contributed by atoms with Crippen LogP contribution in [0.15, 0.2) is 46.5 Å². The summed E-state index contributed by atoms with van der Waals surface area (Å²) in [5.74, 6) is -1.07. The van der Waals surface area contributed by atoms with Gasteiger partial charge in [0.2, 0.25) is 0 Å². The Kier molecular flexibility index (Phi) is 3.74. The summed E-state index contributed by atoms with van der Waals surface area (Å²) in [7, 11) is 0. The van der Waals surface area contributed by atoms with Crippen LogP contribution in [-0.2, 0) is 0 Å². The van der Waals surface area contributed by atoms with Crippen LogP contribution in [0.1, 0.15) is 10.4 Å². The fraction of sp³-hybridized carbons (Fsp3) is 0. The summed E-state index contributed by atoms with van der Waals surface area (Å²) in [5.41, 5.74) is 5.96. The minimum atomic E-state index is -1.07. The maximum absolute atomic E-state index is 11.0. The SMILES string of the molecule is Nc1c(C(=O)O)ccnc1Sc1ccccc1Cl. The molecule has 92 valence electrons. The highest BCUT2D eigenvalue weighted by Gasteiger charge is 2.13. The third-order valence-corrected chi connectivity index (χ3v) is 3.76. The van der Waals surface area contributed by atoms with Gasteiger partial charge in [-0.05, 0) is 18.2 Å². The summed E-state index contributed by atoms with van der Waals surface area (Å²) in [6.45, 7) is 0. The fourth-order valence-corrected chi connectivity index (χ4v) is 2.46. The number of hydrogen-bond donors (Lipinski definition) is 2. The minimum absolute atomic E-state index is 0.0413. The molecule has 1 heterocycles. The van der Waals surface area contributed by atoms with Gasteiger partial charge in [-0.3, -0.25) is 0 Å². The molecule has 0 bridgehead atoms. The highest BCUT2D eigenvalue weighted by molar-refractivity contribution is 7.99. The first kappa shape index (κ1) is 12.7. The number of nitrogens with zero attached hydrogens (tertiary/aromatic N) is 1. The zero-order valence-corrected chi connectivity index (χ0v) is 10.7. The quantitative estimate of drug-likeness (QED) is 0.903. The van der Waals surface area contributed by atoms with Gasteiger partial charge in [0.1, 0.15) is 5.03 Å². The predicted molar refractivity (Wildman–Crippen MR) is 71.2 cm³/mol. The number of benzene rings is 1. The number of pyridine rings is 1. The number of halogens is 1. The number of carbonyl (C=O) groups is 1. The average Bonchev–Trinajstić information content (AvgIpc) is 2.34. The molecule has 0 unspecified atom stereocenters. The molecule has 18 heavy (non-hydrogen) atoms. The molecular formula is C12H9ClN2O2S. The van der Waals surface area contributed by atoms with Crippen molar-refractivity contribution in [3.63, 3.8) is 0 Å². The number of nitrogens with two attached hydrogens (primary N) is 1. The average molecular weight is 281 g/mol. The van der Waals surface area contributed by atoms with Gasteiger partial charge in [0.15, 0.2) is 0 Å². The molecule has 6 heteroatoms. The lowest BCUT2D eigenvalue weighted by atomic mass is 10.2. The number of aromatic nitrogens is 1. The molecule has 0 spiro atoms. The number of aromatic carboxylic acids is 1. The lowest BCUT2D eigenvalue weighted by molar-refractivity contribution is 0.0697. The van der Waals surface area contributed by atoms with Gasteiger partial charge in [-0.25, -0.2) is 9.78 Å². The van der Waals surface area contributed by atoms with Gasteiger partial charge in [-0.1, -0.05) is 35.5 Å². The lowest BCUT2D eigenvalue weighted by Crippen LogP contribution is -2.04. The van der Waals surface area contributed by atoms with E-state index in [1.54, 1.807) is 6.07 Å². The molecule has 0 amide bonds. The number of hydrogen-bond acceptors (Lipinski definition) is 4. The van der Waals surface area contributed by atoms with Crippen molar-refractivity contribution in [3.05, 3.63) is 47.1 Å². The second-order valence-electron chi connectivity index (χ2n) is 3.41. The van der Waals surface area contributed by atoms with E-state index in [4.69, 9.17) is 22.4 Å². The van der Waals surface area contributed by atoms with E-state index < -0.39 is 5.97 Å². The van der Waals surface area contributed by atoms with E-state index in [0.717, 1.165) is 4.90 Å². The molecule has 0 atom stereocenters. The number of carboxylic acid groups (broad SMARTS) is 1. The first-order valence-electron chi connectivity index (χ1n) is 4.99. The smallest absolute Gasteiger partial charge is 0.337 e. The second kappa shape index (κ2) is 5.29. The van der Waals surface area contributed by atoms with Gasteiger partial charge in [0.25, 0.3) is 0 Å². The normalized spacial score (nSPS) is 10.3. The number of carboxylic acids is 1. The van der Waals surface area contributed by atoms with Gasteiger partial charge in [-0.15, -0.1) is 0 Å². The van der Waals surface area contributed by atoms with Crippen LogP contribution in [0.4, 0.5) is 5.69 Å². The molecule has 0 saturated carbocycles. The van der Waals surface area contributed by atoms with Crippen LogP contribution in [-0.4, -0.2) is 16.1 Å². The fourth-order valence-electron chi connectivity index (χ4n) is 1.35. The molecule has 0 saturated heterocycles. The van der Waals surface area contributed by atoms with Crippen LogP contribution < -0.4 is 5.73 Å². The van der Waals surface area contributed by atoms with Crippen LogP contribution >= 0.6 is 23.4 Å². The van der Waals surface area contributed by atoms with E-state index in [1.165, 1.54) is 24.0 Å². The molecular weight excluding hydrogens is 272 g/mol. The maximum Gasteiger partial charge on any atom is 0.337 e. The van der Waals surface area contributed by atoms with E-state index in [2.05, 4.69) is 4.98 Å². The van der Waals surface area contributed by atoms with Crippen molar-refractivity contribution in [2.45, 2.75) is 9.92 Å². The summed E-state index contributed by atoms with van der Waals surface area (Å²) in [6.07, 6.45) is 1.42. The third kappa shape index (κ3) is 2.57. The van der Waals surface area contributed by atoms with E-state index in [0.29, 0.717) is 10.0 Å². The molecule has 1 aromatic carbocycles. The summed E-state index contributed by atoms with van der Waals surface area (Å²) in [6, 6.07) is 8.60. The first-order valence-corrected chi connectivity index (χ1v) is 6.19. The first-order chi connectivity index (χ1) is 8.59. The van der Waals surface area contributed by atoms with E-state index in [1.807, 2.05) is 18.2 Å². The Morgan fingerprint density at radius 3 is 2.72 bits per heavy atom. The highest BCUT2D eigenvalue weighted by Crippen LogP contribution is 2.35. The summed E-state index contributed by atoms with van der Waals surface area (Å²) < 4.78 is 0. The number of anilines is 1. The summed E-state index contributed by atoms with van der Waals surface area (Å²) in [4.78, 5) is 15.8. The van der Waals surface area contributed by atoms with Crippen molar-refractivity contribution in [1.82, 2.24) is 4.98 Å². The van der Waals surface area contributed by atoms with E-state index in [9.17, 15) is 4.79 Å². The van der Waals surface area contributed by atoms with Gasteiger partial charge < -0.3 is 10.8 Å². The predicted octanol–water partition coefficient (Wildman–Crippen LogP) is 3.17. The lowest BCUT2D eigenvalue weighted by Gasteiger charge is -2.07. The van der Waals surface area contributed by atoms with Crippen molar-refractivity contribution in [2.75, 3.05) is 5.73 Å². The zero-order chi connectivity index (χ0) is 13.1. The number of rotatable bonds is 3. The molecule has 3 N–H and O–H groups in total. The Morgan fingerprint density at radius 2 is 2.06 bits per heavy atom. The molecule has 0 fully saturated rings. The van der Waals surface area contributed by atoms with Crippen LogP contribution in [0.5, 0.6) is 0 Å². The monoisotopic (exact) mass is 280 g/mol. The van der Waals surface area contributed by atoms with Crippen molar-refractivity contribution >= 4 is 35.0 Å². The molecule has 0 aliphatic heterocycles. The van der Waals surface area contributed by atoms with E-state index >= 15 is 0 Å². The largest absolute Gasteiger partial charge is 0.478 e. The molecule has 0 aliphatic rings. The van der Waals surface area contributed by atoms with Crippen LogP contribution in [0.25, 0.3) is 0 Å². The molecule has 2 rings (SSSR count). The molecule has 1 aromatic heterocycles. The summed E-state index contributed by atoms with van der Waals surface area (Å²) in [5, 5.41) is 9.97. The number of nitrogen functional groups attached to an aromatic ring is 1. The molecule has 0 aliphatic carbocycles.